The number of nitrogens with zero attached hydrogens (tertiary/aromatic N) is 2. The summed E-state index contributed by atoms with van der Waals surface area (Å²) in [5.41, 5.74) is 9.58. The summed E-state index contributed by atoms with van der Waals surface area (Å²) in [7, 11) is -3.21. The van der Waals surface area contributed by atoms with Crippen LogP contribution in [0.1, 0.15) is 50.7 Å². The van der Waals surface area contributed by atoms with Gasteiger partial charge in [0.15, 0.2) is 7.14 Å². The topological polar surface area (TPSA) is 26.9 Å². The van der Waals surface area contributed by atoms with Crippen molar-refractivity contribution in [3.8, 4) is 11.4 Å². The smallest absolute Gasteiger partial charge is 0.171 e. The molecule has 2 heterocycles. The van der Waals surface area contributed by atoms with Crippen molar-refractivity contribution in [3.63, 3.8) is 0 Å². The van der Waals surface area contributed by atoms with E-state index in [1.165, 1.54) is 56.5 Å². The van der Waals surface area contributed by atoms with Crippen molar-refractivity contribution in [2.75, 3.05) is 0 Å². The molecule has 0 fully saturated rings. The van der Waals surface area contributed by atoms with Gasteiger partial charge < -0.3 is 13.7 Å². The van der Waals surface area contributed by atoms with Crippen LogP contribution in [0.3, 0.4) is 0 Å². The lowest BCUT2D eigenvalue weighted by atomic mass is 10.0. The molecule has 0 atom stereocenters. The Hall–Kier alpha value is -5.63. The van der Waals surface area contributed by atoms with Crippen molar-refractivity contribution in [3.05, 3.63) is 175 Å². The molecule has 0 aliphatic carbocycles. The van der Waals surface area contributed by atoms with E-state index in [4.69, 9.17) is 0 Å². The van der Waals surface area contributed by atoms with Gasteiger partial charge in [0.05, 0.1) is 22.1 Å². The summed E-state index contributed by atoms with van der Waals surface area (Å²) in [5, 5.41) is 7.48. The Balaban J connectivity index is 1.40. The molecule has 0 amide bonds. The van der Waals surface area contributed by atoms with Crippen molar-refractivity contribution in [2.45, 2.75) is 52.4 Å². The molecule has 0 aliphatic rings. The molecule has 7 aromatic carbocycles. The van der Waals surface area contributed by atoms with Crippen LogP contribution in [0.25, 0.3) is 55.0 Å². The van der Waals surface area contributed by atoms with E-state index in [0.29, 0.717) is 0 Å². The molecule has 0 saturated heterocycles. The highest BCUT2D eigenvalue weighted by Crippen LogP contribution is 2.45. The normalized spacial score (nSPS) is 12.0. The lowest BCUT2D eigenvalue weighted by molar-refractivity contribution is 0.592. The third-order valence-electron chi connectivity index (χ3n) is 11.1. The fraction of sp³-hybridized carbons (Fsp3) is 0.160. The lowest BCUT2D eigenvalue weighted by Gasteiger charge is -2.21. The molecular formula is C50H45N2OP. The Morgan fingerprint density at radius 3 is 1.37 bits per heavy atom. The first-order chi connectivity index (χ1) is 26.6. The highest BCUT2D eigenvalue weighted by Gasteiger charge is 2.30. The van der Waals surface area contributed by atoms with E-state index in [9.17, 15) is 0 Å². The molecule has 9 aromatic rings. The molecular weight excluding hydrogens is 676 g/mol. The van der Waals surface area contributed by atoms with E-state index in [0.717, 1.165) is 64.0 Å². The maximum atomic E-state index is 15.7. The summed E-state index contributed by atoms with van der Waals surface area (Å²) in [6.45, 7) is 4.52. The van der Waals surface area contributed by atoms with Crippen LogP contribution in [0.4, 0.5) is 0 Å². The first kappa shape index (κ1) is 34.2. The Bertz CT molecular complexity index is 2770. The fourth-order valence-electron chi connectivity index (χ4n) is 8.43. The predicted molar refractivity (Wildman–Crippen MR) is 232 cm³/mol. The minimum Gasteiger partial charge on any atom is -0.309 e. The van der Waals surface area contributed by atoms with Crippen molar-refractivity contribution < 1.29 is 4.57 Å². The third-order valence-corrected chi connectivity index (χ3v) is 14.2. The molecule has 9 rings (SSSR count). The molecule has 0 N–H and O–H groups in total. The van der Waals surface area contributed by atoms with Crippen LogP contribution >= 0.6 is 7.14 Å². The Morgan fingerprint density at radius 2 is 0.870 bits per heavy atom. The van der Waals surface area contributed by atoms with Crippen LogP contribution in [0, 0.1) is 0 Å². The van der Waals surface area contributed by atoms with Crippen molar-refractivity contribution >= 4 is 66.7 Å². The molecule has 4 heteroatoms. The van der Waals surface area contributed by atoms with E-state index in [1.807, 2.05) is 60.7 Å². The average molecular weight is 721 g/mol. The first-order valence-corrected chi connectivity index (χ1v) is 21.2. The number of aryl methyl sites for hydroxylation is 2. The van der Waals surface area contributed by atoms with Crippen molar-refractivity contribution in [1.29, 1.82) is 0 Å². The molecule has 54 heavy (non-hydrogen) atoms. The van der Waals surface area contributed by atoms with Gasteiger partial charge >= 0.3 is 0 Å². The average Bonchev–Trinajstić information content (AvgIpc) is 3.75. The highest BCUT2D eigenvalue weighted by atomic mass is 31.2. The van der Waals surface area contributed by atoms with Gasteiger partial charge in [-0.15, -0.1) is 0 Å². The van der Waals surface area contributed by atoms with Gasteiger partial charge in [-0.1, -0.05) is 142 Å². The number of para-hydroxylation sites is 1. The second-order valence-electron chi connectivity index (χ2n) is 14.6. The van der Waals surface area contributed by atoms with E-state index in [-0.39, 0.29) is 0 Å². The third kappa shape index (κ3) is 5.70. The van der Waals surface area contributed by atoms with E-state index in [2.05, 4.69) is 126 Å². The van der Waals surface area contributed by atoms with E-state index < -0.39 is 7.14 Å². The largest absolute Gasteiger partial charge is 0.309 e. The standard InChI is InChI=1S/C50H45N2OP/c1-3-5-17-36-27-31-47-45(33-36)43-29-30-44-46-34-37(18-6-4-2)28-32-48(46)52(50(44)49(43)51(47)38-19-10-7-11-20-38)39-21-16-26-42(35-39)54(53,40-22-12-8-13-23-40)41-24-14-9-15-25-41/h7-16,19-35H,3-6,17-18H2,1-2H3. The summed E-state index contributed by atoms with van der Waals surface area (Å²) in [6.07, 6.45) is 6.79. The molecule has 0 radical (unpaired) electrons. The van der Waals surface area contributed by atoms with Gasteiger partial charge in [-0.2, -0.15) is 0 Å². The van der Waals surface area contributed by atoms with Gasteiger partial charge in [0.25, 0.3) is 0 Å². The van der Waals surface area contributed by atoms with Gasteiger partial charge in [-0.25, -0.2) is 0 Å². The fourth-order valence-corrected chi connectivity index (χ4v) is 11.1. The van der Waals surface area contributed by atoms with Gasteiger partial charge in [-0.05, 0) is 85.3 Å². The first-order valence-electron chi connectivity index (χ1n) is 19.5. The Labute approximate surface area is 317 Å². The van der Waals surface area contributed by atoms with E-state index in [1.54, 1.807) is 0 Å². The van der Waals surface area contributed by atoms with Gasteiger partial charge in [0.1, 0.15) is 0 Å². The number of benzene rings is 7. The zero-order chi connectivity index (χ0) is 36.6. The predicted octanol–water partition coefficient (Wildman–Crippen LogP) is 12.2. The molecule has 0 aliphatic heterocycles. The lowest BCUT2D eigenvalue weighted by Crippen LogP contribution is -2.25. The molecule has 0 bridgehead atoms. The van der Waals surface area contributed by atoms with Crippen LogP contribution in [-0.4, -0.2) is 9.13 Å². The monoisotopic (exact) mass is 720 g/mol. The molecule has 2 aromatic heterocycles. The minimum atomic E-state index is -3.21. The molecule has 266 valence electrons. The quantitative estimate of drug-likeness (QED) is 0.122. The second kappa shape index (κ2) is 14.3. The summed E-state index contributed by atoms with van der Waals surface area (Å²) in [6, 6.07) is 58.1. The summed E-state index contributed by atoms with van der Waals surface area (Å²) in [4.78, 5) is 0. The molecule has 3 nitrogen and oxygen atoms in total. The number of hydrogen-bond donors (Lipinski definition) is 0. The zero-order valence-electron chi connectivity index (χ0n) is 31.1. The van der Waals surface area contributed by atoms with Crippen LogP contribution in [0.5, 0.6) is 0 Å². The van der Waals surface area contributed by atoms with E-state index >= 15 is 4.57 Å². The maximum absolute atomic E-state index is 15.7. The number of fused-ring (bicyclic) bond motifs is 7. The SMILES string of the molecule is CCCCc1ccc2c(c1)c1ccc3c4cc(CCCC)ccc4n(-c4cccc(P(=O)(c5ccccc5)c5ccccc5)c4)c3c1n2-c1ccccc1. The van der Waals surface area contributed by atoms with Crippen LogP contribution in [-0.2, 0) is 17.4 Å². The summed E-state index contributed by atoms with van der Waals surface area (Å²) < 4.78 is 20.6. The molecule has 0 spiro atoms. The van der Waals surface area contributed by atoms with Crippen LogP contribution in [0.2, 0.25) is 0 Å². The van der Waals surface area contributed by atoms with Crippen molar-refractivity contribution in [2.24, 2.45) is 0 Å². The second-order valence-corrected chi connectivity index (χ2v) is 17.3. The Kier molecular flexibility index (Phi) is 9.05. The number of unbranched alkanes of at least 4 members (excludes halogenated alkanes) is 2. The maximum Gasteiger partial charge on any atom is 0.171 e. The summed E-state index contributed by atoms with van der Waals surface area (Å²) >= 11 is 0. The Morgan fingerprint density at radius 1 is 0.426 bits per heavy atom. The number of rotatable bonds is 11. The van der Waals surface area contributed by atoms with Crippen LogP contribution in [0.15, 0.2) is 164 Å². The zero-order valence-corrected chi connectivity index (χ0v) is 32.0. The van der Waals surface area contributed by atoms with Gasteiger partial charge in [-0.3, -0.25) is 0 Å². The highest BCUT2D eigenvalue weighted by molar-refractivity contribution is 7.85. The summed E-state index contributed by atoms with van der Waals surface area (Å²) in [5.74, 6) is 0. The number of hydrogen-bond acceptors (Lipinski definition) is 1. The van der Waals surface area contributed by atoms with Gasteiger partial charge in [0, 0.05) is 48.8 Å². The molecule has 0 saturated carbocycles. The van der Waals surface area contributed by atoms with Crippen LogP contribution < -0.4 is 15.9 Å². The van der Waals surface area contributed by atoms with Gasteiger partial charge in [0.2, 0.25) is 0 Å². The number of aromatic nitrogens is 2. The molecule has 0 unspecified atom stereocenters. The minimum absolute atomic E-state index is 0.823. The van der Waals surface area contributed by atoms with Crippen molar-refractivity contribution in [1.82, 2.24) is 9.13 Å².